The molecule has 1 heterocycles. The Balaban J connectivity index is 2.89. The van der Waals surface area contributed by atoms with Crippen LogP contribution >= 0.6 is 0 Å². The first-order chi connectivity index (χ1) is 6.27. The molecule has 1 aromatic rings. The number of allylic oxidation sites excluding steroid dienone is 3. The molecule has 1 rings (SSSR count). The summed E-state index contributed by atoms with van der Waals surface area (Å²) < 4.78 is 10.0. The molecule has 0 radical (unpaired) electrons. The number of rotatable bonds is 3. The van der Waals surface area contributed by atoms with Crippen molar-refractivity contribution in [2.24, 2.45) is 5.73 Å². The van der Waals surface area contributed by atoms with Gasteiger partial charge in [-0.2, -0.15) is 0 Å². The second-order valence-corrected chi connectivity index (χ2v) is 2.47. The Morgan fingerprint density at radius 3 is 2.85 bits per heavy atom. The first-order valence-corrected chi connectivity index (χ1v) is 3.99. The first-order valence-electron chi connectivity index (χ1n) is 3.99. The highest BCUT2D eigenvalue weighted by atomic mass is 16.5. The fourth-order valence-electron chi connectivity index (χ4n) is 0.952. The van der Waals surface area contributed by atoms with E-state index in [9.17, 15) is 0 Å². The van der Waals surface area contributed by atoms with Crippen LogP contribution in [-0.4, -0.2) is 7.11 Å². The van der Waals surface area contributed by atoms with E-state index in [-0.39, 0.29) is 0 Å². The van der Waals surface area contributed by atoms with Gasteiger partial charge in [0.1, 0.15) is 5.76 Å². The molecule has 1 aromatic heterocycles. The van der Waals surface area contributed by atoms with Crippen LogP contribution in [0.2, 0.25) is 0 Å². The molecule has 0 aromatic carbocycles. The second kappa shape index (κ2) is 4.40. The third-order valence-electron chi connectivity index (χ3n) is 1.65. The van der Waals surface area contributed by atoms with E-state index in [1.165, 1.54) is 7.11 Å². The highest BCUT2D eigenvalue weighted by Crippen LogP contribution is 2.16. The Morgan fingerprint density at radius 2 is 2.38 bits per heavy atom. The van der Waals surface area contributed by atoms with Crippen LogP contribution in [0.4, 0.5) is 0 Å². The zero-order chi connectivity index (χ0) is 9.68. The van der Waals surface area contributed by atoms with E-state index in [1.54, 1.807) is 12.3 Å². The number of hydrogen-bond acceptors (Lipinski definition) is 3. The fourth-order valence-corrected chi connectivity index (χ4v) is 0.952. The SMILES string of the molecule is C/C=C(\C=C(\N)OC)c1ccco1. The van der Waals surface area contributed by atoms with Gasteiger partial charge in [-0.1, -0.05) is 6.08 Å². The van der Waals surface area contributed by atoms with Gasteiger partial charge in [0.05, 0.1) is 13.4 Å². The molecular formula is C10H13NO2. The Kier molecular flexibility index (Phi) is 3.20. The van der Waals surface area contributed by atoms with Crippen LogP contribution in [-0.2, 0) is 4.74 Å². The third-order valence-corrected chi connectivity index (χ3v) is 1.65. The van der Waals surface area contributed by atoms with Gasteiger partial charge in [-0.15, -0.1) is 0 Å². The van der Waals surface area contributed by atoms with Gasteiger partial charge >= 0.3 is 0 Å². The van der Waals surface area contributed by atoms with E-state index in [0.717, 1.165) is 11.3 Å². The predicted molar refractivity (Wildman–Crippen MR) is 51.6 cm³/mol. The van der Waals surface area contributed by atoms with Crippen LogP contribution in [0.25, 0.3) is 5.57 Å². The minimum absolute atomic E-state index is 0.365. The van der Waals surface area contributed by atoms with Gasteiger partial charge in [-0.05, 0) is 19.1 Å². The third kappa shape index (κ3) is 2.40. The summed E-state index contributed by atoms with van der Waals surface area (Å²) in [6, 6.07) is 3.70. The number of methoxy groups -OCH3 is 1. The molecule has 0 unspecified atom stereocenters. The number of nitrogens with two attached hydrogens (primary N) is 1. The number of hydrogen-bond donors (Lipinski definition) is 1. The van der Waals surface area contributed by atoms with Gasteiger partial charge < -0.3 is 14.9 Å². The van der Waals surface area contributed by atoms with Crippen LogP contribution < -0.4 is 5.73 Å². The second-order valence-electron chi connectivity index (χ2n) is 2.47. The molecule has 0 aliphatic heterocycles. The van der Waals surface area contributed by atoms with E-state index in [1.807, 2.05) is 25.1 Å². The van der Waals surface area contributed by atoms with E-state index < -0.39 is 0 Å². The van der Waals surface area contributed by atoms with Gasteiger partial charge in [-0.3, -0.25) is 0 Å². The molecule has 0 atom stereocenters. The van der Waals surface area contributed by atoms with Crippen molar-refractivity contribution in [2.45, 2.75) is 6.92 Å². The molecule has 70 valence electrons. The molecule has 2 N–H and O–H groups in total. The Bertz CT molecular complexity index is 310. The van der Waals surface area contributed by atoms with Crippen LogP contribution in [0, 0.1) is 0 Å². The van der Waals surface area contributed by atoms with Gasteiger partial charge in [0.2, 0.25) is 0 Å². The molecule has 0 bridgehead atoms. The molecule has 3 nitrogen and oxygen atoms in total. The van der Waals surface area contributed by atoms with Crippen LogP contribution in [0.15, 0.2) is 40.8 Å². The average molecular weight is 179 g/mol. The zero-order valence-electron chi connectivity index (χ0n) is 7.78. The number of furan rings is 1. The molecule has 0 aliphatic carbocycles. The van der Waals surface area contributed by atoms with Crippen molar-refractivity contribution in [1.29, 1.82) is 0 Å². The smallest absolute Gasteiger partial charge is 0.184 e. The molecule has 0 saturated carbocycles. The fraction of sp³-hybridized carbons (Fsp3) is 0.200. The summed E-state index contributed by atoms with van der Waals surface area (Å²) in [6.45, 7) is 1.91. The lowest BCUT2D eigenvalue weighted by Gasteiger charge is -2.00. The molecule has 0 aliphatic rings. The summed E-state index contributed by atoms with van der Waals surface area (Å²) in [5.41, 5.74) is 6.42. The highest BCUT2D eigenvalue weighted by Gasteiger charge is 2.00. The highest BCUT2D eigenvalue weighted by molar-refractivity contribution is 5.70. The van der Waals surface area contributed by atoms with E-state index >= 15 is 0 Å². The van der Waals surface area contributed by atoms with Crippen LogP contribution in [0.3, 0.4) is 0 Å². The minimum atomic E-state index is 0.365. The van der Waals surface area contributed by atoms with Crippen molar-refractivity contribution >= 4 is 5.57 Å². The molecule has 0 fully saturated rings. The molecule has 3 heteroatoms. The summed E-state index contributed by atoms with van der Waals surface area (Å²) in [5.74, 6) is 1.15. The maximum Gasteiger partial charge on any atom is 0.184 e. The van der Waals surface area contributed by atoms with Crippen molar-refractivity contribution < 1.29 is 9.15 Å². The number of ether oxygens (including phenoxy) is 1. The van der Waals surface area contributed by atoms with Gasteiger partial charge in [0, 0.05) is 11.6 Å². The maximum atomic E-state index is 5.51. The van der Waals surface area contributed by atoms with Gasteiger partial charge in [0.15, 0.2) is 5.88 Å². The molecule has 0 spiro atoms. The molecule has 0 amide bonds. The summed E-state index contributed by atoms with van der Waals surface area (Å²) in [5, 5.41) is 0. The summed E-state index contributed by atoms with van der Waals surface area (Å²) >= 11 is 0. The largest absolute Gasteiger partial charge is 0.483 e. The topological polar surface area (TPSA) is 48.4 Å². The van der Waals surface area contributed by atoms with Crippen LogP contribution in [0.1, 0.15) is 12.7 Å². The van der Waals surface area contributed by atoms with Gasteiger partial charge in [-0.25, -0.2) is 0 Å². The average Bonchev–Trinajstić information content (AvgIpc) is 2.66. The van der Waals surface area contributed by atoms with Crippen molar-refractivity contribution in [3.05, 3.63) is 42.2 Å². The van der Waals surface area contributed by atoms with Crippen LogP contribution in [0.5, 0.6) is 0 Å². The first kappa shape index (κ1) is 9.45. The van der Waals surface area contributed by atoms with Gasteiger partial charge in [0.25, 0.3) is 0 Å². The Morgan fingerprint density at radius 1 is 1.62 bits per heavy atom. The molecule has 13 heavy (non-hydrogen) atoms. The zero-order valence-corrected chi connectivity index (χ0v) is 7.78. The quantitative estimate of drug-likeness (QED) is 0.571. The van der Waals surface area contributed by atoms with Crippen molar-refractivity contribution in [3.63, 3.8) is 0 Å². The Labute approximate surface area is 77.5 Å². The molecule has 0 saturated heterocycles. The van der Waals surface area contributed by atoms with Crippen molar-refractivity contribution in [2.75, 3.05) is 7.11 Å². The van der Waals surface area contributed by atoms with E-state index in [2.05, 4.69) is 0 Å². The van der Waals surface area contributed by atoms with E-state index in [0.29, 0.717) is 5.88 Å². The maximum absolute atomic E-state index is 5.51. The summed E-state index contributed by atoms with van der Waals surface area (Å²) in [6.07, 6.45) is 5.25. The van der Waals surface area contributed by atoms with Crippen molar-refractivity contribution in [1.82, 2.24) is 0 Å². The molecular weight excluding hydrogens is 166 g/mol. The van der Waals surface area contributed by atoms with E-state index in [4.69, 9.17) is 14.9 Å². The summed E-state index contributed by atoms with van der Waals surface area (Å²) in [4.78, 5) is 0. The lowest BCUT2D eigenvalue weighted by Crippen LogP contribution is -1.99. The monoisotopic (exact) mass is 179 g/mol. The lowest BCUT2D eigenvalue weighted by molar-refractivity contribution is 0.288. The minimum Gasteiger partial charge on any atom is -0.483 e. The Hall–Kier alpha value is -1.64. The predicted octanol–water partition coefficient (Wildman–Crippen LogP) is 2.13. The summed E-state index contributed by atoms with van der Waals surface area (Å²) in [7, 11) is 1.53. The van der Waals surface area contributed by atoms with Crippen molar-refractivity contribution in [3.8, 4) is 0 Å². The normalized spacial score (nSPS) is 13.1. The lowest BCUT2D eigenvalue weighted by atomic mass is 10.2. The standard InChI is InChI=1S/C10H13NO2/c1-3-8(7-10(11)12-2)9-5-4-6-13-9/h3-7H,11H2,1-2H3/b8-3+,10-7-.